The maximum absolute atomic E-state index is 14.2. The second-order valence-corrected chi connectivity index (χ2v) is 23.5. The van der Waals surface area contributed by atoms with Crippen molar-refractivity contribution in [2.24, 2.45) is 27.7 Å². The van der Waals surface area contributed by atoms with Crippen LogP contribution in [-0.2, 0) is 24.0 Å². The van der Waals surface area contributed by atoms with Crippen LogP contribution in [0.15, 0.2) is 95.2 Å². The Bertz CT molecular complexity index is 3380. The zero-order chi connectivity index (χ0) is 60.8. The van der Waals surface area contributed by atoms with Gasteiger partial charge in [-0.25, -0.2) is 0 Å². The van der Waals surface area contributed by atoms with Crippen LogP contribution in [0, 0.1) is 17.8 Å². The second kappa shape index (κ2) is 26.7. The van der Waals surface area contributed by atoms with Crippen molar-refractivity contribution in [3.05, 3.63) is 107 Å². The van der Waals surface area contributed by atoms with Gasteiger partial charge in [0.1, 0.15) is 0 Å². The van der Waals surface area contributed by atoms with Crippen LogP contribution in [0.1, 0.15) is 117 Å². The third-order valence-corrected chi connectivity index (χ3v) is 16.9. The van der Waals surface area contributed by atoms with Crippen LogP contribution in [0.25, 0.3) is 11.1 Å². The predicted molar refractivity (Wildman–Crippen MR) is 329 cm³/mol. The Hall–Kier alpha value is -8.65. The number of anilines is 2. The van der Waals surface area contributed by atoms with Gasteiger partial charge in [-0.1, -0.05) is 58.4 Å². The summed E-state index contributed by atoms with van der Waals surface area (Å²) in [6.07, 6.45) is 11.2. The second-order valence-electron chi connectivity index (χ2n) is 23.5. The van der Waals surface area contributed by atoms with E-state index in [0.29, 0.717) is 96.3 Å². The molecule has 10 rings (SSSR count). The predicted octanol–water partition coefficient (Wildman–Crippen LogP) is 8.88. The first-order chi connectivity index (χ1) is 41.5. The van der Waals surface area contributed by atoms with Crippen molar-refractivity contribution in [2.45, 2.75) is 104 Å². The van der Waals surface area contributed by atoms with Gasteiger partial charge < -0.3 is 49.2 Å². The topological polar surface area (TPSA) is 221 Å². The van der Waals surface area contributed by atoms with Crippen molar-refractivity contribution in [1.29, 1.82) is 0 Å². The summed E-state index contributed by atoms with van der Waals surface area (Å²) in [5.74, 6) is -1.02. The number of ketones is 1. The molecule has 6 amide bonds. The highest BCUT2D eigenvalue weighted by molar-refractivity contribution is 6.07. The maximum atomic E-state index is 14.2. The van der Waals surface area contributed by atoms with Crippen LogP contribution >= 0.6 is 0 Å². The number of amides is 6. The summed E-state index contributed by atoms with van der Waals surface area (Å²) >= 11 is 0. The van der Waals surface area contributed by atoms with Gasteiger partial charge in [-0.05, 0) is 84.5 Å². The molecule has 0 spiro atoms. The summed E-state index contributed by atoms with van der Waals surface area (Å²) in [7, 11) is 5.21. The van der Waals surface area contributed by atoms with Crippen molar-refractivity contribution in [3.63, 3.8) is 0 Å². The molecule has 5 atom stereocenters. The van der Waals surface area contributed by atoms with Gasteiger partial charge in [0.05, 0.1) is 68.1 Å². The number of benzene rings is 4. The molecule has 6 aliphatic rings. The van der Waals surface area contributed by atoms with E-state index in [1.165, 1.54) is 17.7 Å². The van der Waals surface area contributed by atoms with Gasteiger partial charge in [0.25, 0.3) is 11.8 Å². The molecule has 20 nitrogen and oxygen atoms in total. The molecule has 6 heterocycles. The number of methoxy groups -OCH3 is 2. The molecule has 86 heavy (non-hydrogen) atoms. The summed E-state index contributed by atoms with van der Waals surface area (Å²) in [5.41, 5.74) is 7.43. The number of carbonyl (C=O) groups is 7. The number of carbonyl (C=O) groups excluding carboxylic acids is 7. The number of aliphatic imine (C=N–C) groups is 2. The number of likely N-dealkylation sites (tertiary alicyclic amines) is 1. The number of hydrogen-bond acceptors (Lipinski definition) is 15. The zero-order valence-corrected chi connectivity index (χ0v) is 50.1. The Morgan fingerprint density at radius 2 is 1.21 bits per heavy atom. The van der Waals surface area contributed by atoms with E-state index in [9.17, 15) is 33.6 Å². The molecule has 4 aromatic carbocycles. The fourth-order valence-corrected chi connectivity index (χ4v) is 11.8. The molecule has 2 unspecified atom stereocenters. The maximum Gasteiger partial charge on any atom is 0.260 e. The van der Waals surface area contributed by atoms with Gasteiger partial charge in [-0.3, -0.25) is 48.4 Å². The monoisotopic (exact) mass is 1170 g/mol. The Labute approximate surface area is 502 Å². The van der Waals surface area contributed by atoms with Crippen LogP contribution in [-0.4, -0.2) is 159 Å². The number of hydrogen-bond donors (Lipinski definition) is 2. The molecule has 0 aromatic heterocycles. The SMILES string of the molecule is COc1cc2c(cc1OCCCOc1cc3c(cc1OC)C(=O)N1C=C(c4ccc(N5CCN(C)CC5)cc4)C[C@H]1C=N3)N=C[C@@H]1CC(c3ccc(NC(=O)[C@H](C)CC(=O)C(NC(=O)CCCCCN4C(=O)CC(C)C4=O)C(C)C)cc3)=CN1C2=O. The fourth-order valence-electron chi connectivity index (χ4n) is 11.8. The third kappa shape index (κ3) is 13.5. The first-order valence-corrected chi connectivity index (χ1v) is 29.9. The van der Waals surface area contributed by atoms with Crippen molar-refractivity contribution >= 4 is 87.6 Å². The van der Waals surface area contributed by atoms with E-state index >= 15 is 0 Å². The molecule has 6 aliphatic heterocycles. The molecule has 452 valence electrons. The molecule has 0 saturated carbocycles. The van der Waals surface area contributed by atoms with Gasteiger partial charge in [-0.2, -0.15) is 0 Å². The summed E-state index contributed by atoms with van der Waals surface area (Å²) in [4.78, 5) is 111. The highest BCUT2D eigenvalue weighted by Gasteiger charge is 2.37. The normalized spacial score (nSPS) is 19.7. The van der Waals surface area contributed by atoms with Crippen molar-refractivity contribution in [1.82, 2.24) is 24.9 Å². The van der Waals surface area contributed by atoms with Gasteiger partial charge in [0.2, 0.25) is 23.6 Å². The van der Waals surface area contributed by atoms with Gasteiger partial charge >= 0.3 is 0 Å². The largest absolute Gasteiger partial charge is 0.493 e. The molecule has 4 aromatic rings. The molecule has 2 N–H and O–H groups in total. The number of likely N-dealkylation sites (N-methyl/N-ethyl adjacent to an activating group) is 1. The van der Waals surface area contributed by atoms with E-state index < -0.39 is 12.0 Å². The number of imide groups is 1. The van der Waals surface area contributed by atoms with Crippen LogP contribution in [0.5, 0.6) is 23.0 Å². The van der Waals surface area contributed by atoms with E-state index in [4.69, 9.17) is 28.9 Å². The van der Waals surface area contributed by atoms with Gasteiger partial charge in [-0.15, -0.1) is 0 Å². The lowest BCUT2D eigenvalue weighted by molar-refractivity contribution is -0.139. The first-order valence-electron chi connectivity index (χ1n) is 29.9. The molecular formula is C66H77N9O11. The highest BCUT2D eigenvalue weighted by atomic mass is 16.5. The quantitative estimate of drug-likeness (QED) is 0.0495. The van der Waals surface area contributed by atoms with E-state index in [1.54, 1.807) is 73.4 Å². The minimum Gasteiger partial charge on any atom is -0.493 e. The van der Waals surface area contributed by atoms with Crippen LogP contribution < -0.4 is 34.5 Å². The number of nitrogens with zero attached hydrogens (tertiary/aromatic N) is 7. The minimum atomic E-state index is -0.754. The Morgan fingerprint density at radius 1 is 0.663 bits per heavy atom. The molecular weight excluding hydrogens is 1090 g/mol. The average Bonchev–Trinajstić information content (AvgIpc) is 2.13. The number of nitrogens with one attached hydrogen (secondary N) is 2. The fraction of sp³-hybridized carbons (Fsp3) is 0.439. The average molecular weight is 1170 g/mol. The van der Waals surface area contributed by atoms with E-state index in [-0.39, 0.29) is 97.6 Å². The first kappa shape index (κ1) is 60.5. The van der Waals surface area contributed by atoms with Crippen molar-refractivity contribution < 1.29 is 52.5 Å². The summed E-state index contributed by atoms with van der Waals surface area (Å²) in [6, 6.07) is 21.4. The lowest BCUT2D eigenvalue weighted by Crippen LogP contribution is -2.45. The lowest BCUT2D eigenvalue weighted by Gasteiger charge is -2.34. The zero-order valence-electron chi connectivity index (χ0n) is 50.1. The van der Waals surface area contributed by atoms with Crippen LogP contribution in [0.4, 0.5) is 22.7 Å². The van der Waals surface area contributed by atoms with Crippen LogP contribution in [0.3, 0.4) is 0 Å². The Morgan fingerprint density at radius 3 is 1.72 bits per heavy atom. The highest BCUT2D eigenvalue weighted by Crippen LogP contribution is 2.42. The van der Waals surface area contributed by atoms with Gasteiger partial charge in [0.15, 0.2) is 28.8 Å². The summed E-state index contributed by atoms with van der Waals surface area (Å²) in [5, 5.41) is 5.77. The number of fused-ring (bicyclic) bond motifs is 4. The number of rotatable bonds is 24. The van der Waals surface area contributed by atoms with Crippen LogP contribution in [0.2, 0.25) is 0 Å². The Kier molecular flexibility index (Phi) is 18.8. The lowest BCUT2D eigenvalue weighted by atomic mass is 9.92. The smallest absolute Gasteiger partial charge is 0.260 e. The number of ether oxygens (including phenoxy) is 4. The van der Waals surface area contributed by atoms with E-state index in [0.717, 1.165) is 48.5 Å². The van der Waals surface area contributed by atoms with E-state index in [2.05, 4.69) is 51.7 Å². The molecule has 0 aliphatic carbocycles. The molecule has 2 saturated heterocycles. The third-order valence-electron chi connectivity index (χ3n) is 16.9. The Balaban J connectivity index is 0.680. The minimum absolute atomic E-state index is 0.0629. The van der Waals surface area contributed by atoms with Gasteiger partial charge in [0, 0.05) is 131 Å². The van der Waals surface area contributed by atoms with E-state index in [1.807, 2.05) is 44.6 Å². The molecule has 0 radical (unpaired) electrons. The number of piperazine rings is 1. The molecule has 20 heteroatoms. The standard InChI is InChI=1S/C66H77N9O11/c1-40(2)62(70-60(77)12-9-8-10-21-73-61(78)29-42(4)64(73)80)55(76)28-41(3)63(79)69-47-17-13-43(14-18-47)45-30-49-36-67-53-34-58(56(83-6)32-51(53)65(81)74(49)38-45)85-26-11-27-86-59-35-54-52(33-57(59)84-7)66(82)75-39-46(31-50(75)37-68-54)44-15-19-48(20-16-44)72-24-22-71(5)23-25-72/h13-20,32-42,49-50,62H,8-12,21-31H2,1-7H3,(H,69,79)(H,70,77)/t41-,42?,49+,50+,62?/m1/s1. The summed E-state index contributed by atoms with van der Waals surface area (Å²) < 4.78 is 23.8. The molecule has 2 fully saturated rings. The summed E-state index contributed by atoms with van der Waals surface area (Å²) in [6.45, 7) is 12.1. The molecule has 0 bridgehead atoms. The van der Waals surface area contributed by atoms with Crippen molar-refractivity contribution in [2.75, 3.05) is 77.4 Å². The number of Topliss-reactive ketones (excluding diaryl/α,β-unsaturated/α-hetero) is 1. The van der Waals surface area contributed by atoms with Crippen molar-refractivity contribution in [3.8, 4) is 23.0 Å². The number of unbranched alkanes of at least 4 members (excludes halogenated alkanes) is 2.